The summed E-state index contributed by atoms with van der Waals surface area (Å²) in [6.45, 7) is 34.5. The van der Waals surface area contributed by atoms with E-state index >= 15 is 0 Å². The summed E-state index contributed by atoms with van der Waals surface area (Å²) >= 11 is 0. The Hall–Kier alpha value is -0.436. The van der Waals surface area contributed by atoms with Crippen molar-refractivity contribution in [2.45, 2.75) is 195 Å². The van der Waals surface area contributed by atoms with E-state index in [0.29, 0.717) is 41.3 Å². The van der Waals surface area contributed by atoms with Crippen molar-refractivity contribution >= 4 is 22.6 Å². The average Bonchev–Trinajstić information content (AvgIpc) is 3.47. The zero-order chi connectivity index (χ0) is 36.3. The van der Waals surface area contributed by atoms with Crippen LogP contribution in [-0.4, -0.2) is 41.9 Å². The van der Waals surface area contributed by atoms with Gasteiger partial charge >= 0.3 is 5.97 Å². The molecule has 0 aromatic carbocycles. The number of hydrogen-bond acceptors (Lipinski definition) is 4. The van der Waals surface area contributed by atoms with Gasteiger partial charge in [0, 0.05) is 12.2 Å². The lowest BCUT2D eigenvalue weighted by atomic mass is 9.45. The summed E-state index contributed by atoms with van der Waals surface area (Å²) in [5, 5.41) is 0.432. The van der Waals surface area contributed by atoms with Crippen molar-refractivity contribution in [1.29, 1.82) is 0 Å². The van der Waals surface area contributed by atoms with E-state index in [1.807, 2.05) is 6.08 Å². The van der Waals surface area contributed by atoms with Gasteiger partial charge in [0.1, 0.15) is 0 Å². The van der Waals surface area contributed by atoms with Crippen LogP contribution in [0.15, 0.2) is 12.2 Å². The lowest BCUT2D eigenvalue weighted by molar-refractivity contribution is -0.168. The summed E-state index contributed by atoms with van der Waals surface area (Å²) in [4.78, 5) is 11.6. The minimum absolute atomic E-state index is 0.195. The number of rotatable bonds is 14. The summed E-state index contributed by atoms with van der Waals surface area (Å²) in [6, 6.07) is 0. The summed E-state index contributed by atoms with van der Waals surface area (Å²) in [5.74, 6) is 4.55. The number of methoxy groups -OCH3 is 1. The van der Waals surface area contributed by atoms with Crippen LogP contribution in [0.25, 0.3) is 0 Å². The Bertz CT molecular complexity index is 1050. The Morgan fingerprint density at radius 3 is 2.12 bits per heavy atom. The summed E-state index contributed by atoms with van der Waals surface area (Å²) in [5.41, 5.74) is 0.351. The minimum Gasteiger partial charge on any atom is -0.466 e. The molecule has 4 nitrogen and oxygen atoms in total. The first-order valence-corrected chi connectivity index (χ1v) is 26.0. The molecule has 0 heterocycles. The Morgan fingerprint density at radius 2 is 1.56 bits per heavy atom. The van der Waals surface area contributed by atoms with Crippen LogP contribution < -0.4 is 0 Å². The normalized spacial score (nSPS) is 34.3. The number of carbonyl (C=O) groups excluding carboxylic acids is 1. The molecule has 0 radical (unpaired) electrons. The molecule has 0 saturated heterocycles. The molecular formula is C42H80O4Si2. The first-order valence-electron chi connectivity index (χ1n) is 20.2. The molecule has 48 heavy (non-hydrogen) atoms. The smallest absolute Gasteiger partial charge is 0.330 e. The van der Waals surface area contributed by atoms with Crippen LogP contribution in [0.3, 0.4) is 0 Å². The number of carbonyl (C=O) groups is 1. The van der Waals surface area contributed by atoms with Gasteiger partial charge in [-0.05, 0) is 141 Å². The third-order valence-electron chi connectivity index (χ3n) is 14.9. The summed E-state index contributed by atoms with van der Waals surface area (Å²) in [6.07, 6.45) is 19.4. The highest BCUT2D eigenvalue weighted by Crippen LogP contribution is 2.64. The fraction of sp³-hybridized carbons (Fsp3) is 0.929. The highest BCUT2D eigenvalue weighted by atomic mass is 28.4. The van der Waals surface area contributed by atoms with Gasteiger partial charge in [0.15, 0.2) is 16.6 Å². The molecule has 0 aliphatic heterocycles. The second-order valence-electron chi connectivity index (χ2n) is 19.9. The van der Waals surface area contributed by atoms with E-state index in [9.17, 15) is 4.79 Å². The standard InChI is InChI=1S/C42H80O4Si2/c1-16-18-22-35-38(32-25-24-31(28-32)30(3)21-19-20-23-37(43)44-11)39(46-48(14,15)41(7,8)9)34(17-2)36-29-33(26-27-42(35,36)10)45-47(12,13)40(4,5)6/h20,23,30-36,38-39H,16-19,21-22,24-29H2,1-15H3/b23-20+/t30-,31+,32?,33?,34-,35?,36+,38?,39?,42-/m1/s1. The van der Waals surface area contributed by atoms with Gasteiger partial charge in [0.25, 0.3) is 0 Å². The van der Waals surface area contributed by atoms with Gasteiger partial charge in [0.05, 0.1) is 13.2 Å². The fourth-order valence-electron chi connectivity index (χ4n) is 9.84. The van der Waals surface area contributed by atoms with Crippen LogP contribution in [-0.2, 0) is 18.4 Å². The Kier molecular flexibility index (Phi) is 14.4. The molecule has 0 aromatic heterocycles. The second-order valence-corrected chi connectivity index (χ2v) is 29.5. The van der Waals surface area contributed by atoms with Gasteiger partial charge in [-0.2, -0.15) is 0 Å². The Labute approximate surface area is 301 Å². The van der Waals surface area contributed by atoms with Crippen molar-refractivity contribution in [3.8, 4) is 0 Å². The zero-order valence-electron chi connectivity index (χ0n) is 34.5. The third-order valence-corrected chi connectivity index (χ3v) is 24.0. The van der Waals surface area contributed by atoms with Crippen LogP contribution in [0.2, 0.25) is 36.3 Å². The first-order chi connectivity index (χ1) is 22.1. The molecule has 3 rings (SSSR count). The van der Waals surface area contributed by atoms with Gasteiger partial charge in [-0.1, -0.05) is 94.6 Å². The van der Waals surface area contributed by atoms with Gasteiger partial charge in [-0.3, -0.25) is 0 Å². The van der Waals surface area contributed by atoms with E-state index in [-0.39, 0.29) is 16.0 Å². The molecule has 3 aliphatic carbocycles. The van der Waals surface area contributed by atoms with E-state index in [2.05, 4.69) is 95.4 Å². The molecule has 280 valence electrons. The molecule has 3 saturated carbocycles. The molecule has 0 aromatic rings. The largest absolute Gasteiger partial charge is 0.466 e. The zero-order valence-corrected chi connectivity index (χ0v) is 36.5. The number of fused-ring (bicyclic) bond motifs is 1. The van der Waals surface area contributed by atoms with Crippen LogP contribution in [0.1, 0.15) is 146 Å². The molecule has 3 fully saturated rings. The predicted octanol–water partition coefficient (Wildman–Crippen LogP) is 12.6. The lowest BCUT2D eigenvalue weighted by Crippen LogP contribution is -2.62. The molecule has 0 bridgehead atoms. The Morgan fingerprint density at radius 1 is 0.938 bits per heavy atom. The van der Waals surface area contributed by atoms with E-state index in [1.165, 1.54) is 71.3 Å². The highest BCUT2D eigenvalue weighted by Gasteiger charge is 2.61. The van der Waals surface area contributed by atoms with Gasteiger partial charge < -0.3 is 13.6 Å². The van der Waals surface area contributed by atoms with Crippen LogP contribution in [0.5, 0.6) is 0 Å². The summed E-state index contributed by atoms with van der Waals surface area (Å²) in [7, 11) is -2.40. The summed E-state index contributed by atoms with van der Waals surface area (Å²) < 4.78 is 19.9. The fourth-order valence-corrected chi connectivity index (χ4v) is 12.6. The van der Waals surface area contributed by atoms with Gasteiger partial charge in [-0.15, -0.1) is 0 Å². The van der Waals surface area contributed by atoms with Crippen molar-refractivity contribution in [1.82, 2.24) is 0 Å². The lowest BCUT2D eigenvalue weighted by Gasteiger charge is -2.63. The van der Waals surface area contributed by atoms with Crippen molar-refractivity contribution in [3.63, 3.8) is 0 Å². The number of hydrogen-bond donors (Lipinski definition) is 0. The maximum Gasteiger partial charge on any atom is 0.330 e. The van der Waals surface area contributed by atoms with Crippen LogP contribution in [0, 0.1) is 46.8 Å². The maximum absolute atomic E-state index is 11.6. The van der Waals surface area contributed by atoms with Crippen molar-refractivity contribution < 1.29 is 18.4 Å². The average molecular weight is 705 g/mol. The van der Waals surface area contributed by atoms with Crippen molar-refractivity contribution in [2.24, 2.45) is 46.8 Å². The molecule has 10 atom stereocenters. The monoisotopic (exact) mass is 705 g/mol. The molecule has 6 heteroatoms. The van der Waals surface area contributed by atoms with Gasteiger partial charge in [0.2, 0.25) is 0 Å². The van der Waals surface area contributed by atoms with E-state index in [4.69, 9.17) is 13.6 Å². The van der Waals surface area contributed by atoms with Crippen LogP contribution >= 0.6 is 0 Å². The second kappa shape index (κ2) is 16.5. The first kappa shape index (κ1) is 42.0. The molecular weight excluding hydrogens is 625 g/mol. The number of unbranched alkanes of at least 4 members (excludes halogenated alkanes) is 1. The quantitative estimate of drug-likeness (QED) is 0.103. The Balaban J connectivity index is 2.00. The van der Waals surface area contributed by atoms with Crippen LogP contribution in [0.4, 0.5) is 0 Å². The maximum atomic E-state index is 11.6. The molecule has 5 unspecified atom stereocenters. The van der Waals surface area contributed by atoms with Gasteiger partial charge in [-0.25, -0.2) is 4.79 Å². The molecule has 0 spiro atoms. The van der Waals surface area contributed by atoms with E-state index in [1.54, 1.807) is 6.08 Å². The third kappa shape index (κ3) is 9.51. The molecule has 0 amide bonds. The number of ether oxygens (including phenoxy) is 1. The molecule has 3 aliphatic rings. The highest BCUT2D eigenvalue weighted by molar-refractivity contribution is 6.74. The van der Waals surface area contributed by atoms with E-state index < -0.39 is 16.6 Å². The topological polar surface area (TPSA) is 44.8 Å². The molecule has 0 N–H and O–H groups in total. The minimum atomic E-state index is -2.01. The predicted molar refractivity (Wildman–Crippen MR) is 210 cm³/mol. The van der Waals surface area contributed by atoms with Crippen molar-refractivity contribution in [2.75, 3.05) is 7.11 Å². The number of esters is 1. The van der Waals surface area contributed by atoms with Crippen molar-refractivity contribution in [3.05, 3.63) is 12.2 Å². The SMILES string of the molecule is CCCCC1C(C2CC[C@H]([C@H](C)CC/C=C/C(=O)OC)C2)C(O[Si](C)(C)C(C)(C)C)[C@H](CC)[C@@H]2CC(O[Si](C)(C)C(C)(C)C)CC[C@]12C. The number of allylic oxidation sites excluding steroid dienone is 1. The van der Waals surface area contributed by atoms with E-state index in [0.717, 1.165) is 30.6 Å².